The van der Waals surface area contributed by atoms with Gasteiger partial charge < -0.3 is 9.84 Å². The number of hydrogen-bond acceptors (Lipinski definition) is 4. The van der Waals surface area contributed by atoms with E-state index in [1.54, 1.807) is 4.57 Å². The standard InChI is InChI=1S/C9H13N3O3/c1-15-9-11-10-7(5-8(13)14)12(9)6-3-2-4-6/h6H,2-5H2,1H3,(H,13,14). The van der Waals surface area contributed by atoms with Crippen LogP contribution in [0.15, 0.2) is 0 Å². The Morgan fingerprint density at radius 1 is 1.60 bits per heavy atom. The molecule has 0 aromatic carbocycles. The van der Waals surface area contributed by atoms with Crippen molar-refractivity contribution in [3.63, 3.8) is 0 Å². The summed E-state index contributed by atoms with van der Waals surface area (Å²) >= 11 is 0. The number of ether oxygens (including phenoxy) is 1. The van der Waals surface area contributed by atoms with Crippen molar-refractivity contribution >= 4 is 5.97 Å². The quantitative estimate of drug-likeness (QED) is 0.790. The highest BCUT2D eigenvalue weighted by atomic mass is 16.5. The Hall–Kier alpha value is -1.59. The lowest BCUT2D eigenvalue weighted by molar-refractivity contribution is -0.136. The fraction of sp³-hybridized carbons (Fsp3) is 0.667. The summed E-state index contributed by atoms with van der Waals surface area (Å²) in [6.45, 7) is 0. The zero-order valence-corrected chi connectivity index (χ0v) is 8.51. The van der Waals surface area contributed by atoms with Gasteiger partial charge in [-0.05, 0) is 19.3 Å². The summed E-state index contributed by atoms with van der Waals surface area (Å²) in [6.07, 6.45) is 3.15. The van der Waals surface area contributed by atoms with Crippen molar-refractivity contribution in [2.75, 3.05) is 7.11 Å². The molecule has 0 unspecified atom stereocenters. The second-order valence-electron chi connectivity index (χ2n) is 3.63. The van der Waals surface area contributed by atoms with E-state index in [1.807, 2.05) is 0 Å². The Morgan fingerprint density at radius 3 is 2.80 bits per heavy atom. The van der Waals surface area contributed by atoms with Crippen LogP contribution in [0.3, 0.4) is 0 Å². The molecule has 82 valence electrons. The van der Waals surface area contributed by atoms with Crippen LogP contribution in [0.5, 0.6) is 6.01 Å². The molecule has 0 radical (unpaired) electrons. The normalized spacial score (nSPS) is 16.1. The summed E-state index contributed by atoms with van der Waals surface area (Å²) < 4.78 is 6.86. The summed E-state index contributed by atoms with van der Waals surface area (Å²) in [5.41, 5.74) is 0. The van der Waals surface area contributed by atoms with Gasteiger partial charge in [0.25, 0.3) is 0 Å². The number of carboxylic acids is 1. The lowest BCUT2D eigenvalue weighted by atomic mass is 9.93. The molecule has 1 aliphatic carbocycles. The zero-order chi connectivity index (χ0) is 10.8. The minimum absolute atomic E-state index is 0.104. The van der Waals surface area contributed by atoms with Crippen LogP contribution in [0.2, 0.25) is 0 Å². The smallest absolute Gasteiger partial charge is 0.316 e. The van der Waals surface area contributed by atoms with Crippen LogP contribution < -0.4 is 4.74 Å². The summed E-state index contributed by atoms with van der Waals surface area (Å²) in [5, 5.41) is 16.4. The third-order valence-corrected chi connectivity index (χ3v) is 2.67. The molecule has 1 aliphatic rings. The van der Waals surface area contributed by atoms with Crippen LogP contribution in [0.4, 0.5) is 0 Å². The maximum absolute atomic E-state index is 10.6. The number of nitrogens with zero attached hydrogens (tertiary/aromatic N) is 3. The van der Waals surface area contributed by atoms with Gasteiger partial charge in [0, 0.05) is 6.04 Å². The van der Waals surface area contributed by atoms with Gasteiger partial charge in [0.15, 0.2) is 0 Å². The molecule has 0 bridgehead atoms. The Balaban J connectivity index is 2.28. The predicted molar refractivity (Wildman–Crippen MR) is 50.8 cm³/mol. The van der Waals surface area contributed by atoms with Gasteiger partial charge in [0.05, 0.1) is 7.11 Å². The molecule has 2 rings (SSSR count). The van der Waals surface area contributed by atoms with Gasteiger partial charge in [-0.3, -0.25) is 9.36 Å². The Morgan fingerprint density at radius 2 is 2.33 bits per heavy atom. The van der Waals surface area contributed by atoms with Crippen molar-refractivity contribution in [2.24, 2.45) is 0 Å². The monoisotopic (exact) mass is 211 g/mol. The molecule has 0 aliphatic heterocycles. The third kappa shape index (κ3) is 1.79. The minimum atomic E-state index is -0.898. The molecule has 0 saturated heterocycles. The minimum Gasteiger partial charge on any atom is -0.481 e. The molecule has 1 aromatic rings. The molecule has 0 amide bonds. The van der Waals surface area contributed by atoms with Gasteiger partial charge in [0.2, 0.25) is 0 Å². The fourth-order valence-corrected chi connectivity index (χ4v) is 1.71. The zero-order valence-electron chi connectivity index (χ0n) is 8.51. The lowest BCUT2D eigenvalue weighted by Gasteiger charge is -2.28. The van der Waals surface area contributed by atoms with Crippen LogP contribution in [0.1, 0.15) is 31.1 Å². The highest BCUT2D eigenvalue weighted by Gasteiger charge is 2.27. The second kappa shape index (κ2) is 3.88. The van der Waals surface area contributed by atoms with Crippen molar-refractivity contribution in [1.29, 1.82) is 0 Å². The van der Waals surface area contributed by atoms with Crippen LogP contribution >= 0.6 is 0 Å². The van der Waals surface area contributed by atoms with E-state index < -0.39 is 5.97 Å². The van der Waals surface area contributed by atoms with E-state index in [4.69, 9.17) is 9.84 Å². The maximum Gasteiger partial charge on any atom is 0.316 e. The number of carbonyl (C=O) groups is 1. The van der Waals surface area contributed by atoms with Gasteiger partial charge in [-0.15, -0.1) is 5.10 Å². The molecule has 15 heavy (non-hydrogen) atoms. The van der Waals surface area contributed by atoms with E-state index >= 15 is 0 Å². The van der Waals surface area contributed by atoms with Gasteiger partial charge in [-0.1, -0.05) is 5.10 Å². The number of aliphatic carboxylic acids is 1. The predicted octanol–water partition coefficient (Wildman–Crippen LogP) is 0.639. The van der Waals surface area contributed by atoms with E-state index in [0.29, 0.717) is 17.9 Å². The number of hydrogen-bond donors (Lipinski definition) is 1. The molecule has 1 heterocycles. The largest absolute Gasteiger partial charge is 0.481 e. The maximum atomic E-state index is 10.6. The molecule has 6 nitrogen and oxygen atoms in total. The van der Waals surface area contributed by atoms with Gasteiger partial charge in [-0.2, -0.15) is 0 Å². The van der Waals surface area contributed by atoms with E-state index in [9.17, 15) is 4.79 Å². The SMILES string of the molecule is COc1nnc(CC(=O)O)n1C1CCC1. The molecular formula is C9H13N3O3. The molecule has 6 heteroatoms. The summed E-state index contributed by atoms with van der Waals surface area (Å²) in [5.74, 6) is -0.422. The molecule has 0 atom stereocenters. The number of aromatic nitrogens is 3. The van der Waals surface area contributed by atoms with Crippen molar-refractivity contribution in [3.8, 4) is 6.01 Å². The molecular weight excluding hydrogens is 198 g/mol. The third-order valence-electron chi connectivity index (χ3n) is 2.67. The summed E-state index contributed by atoms with van der Waals surface area (Å²) in [7, 11) is 1.52. The fourth-order valence-electron chi connectivity index (χ4n) is 1.71. The van der Waals surface area contributed by atoms with Gasteiger partial charge in [-0.25, -0.2) is 0 Å². The first kappa shape index (κ1) is 9.95. The first-order valence-electron chi connectivity index (χ1n) is 4.92. The van der Waals surface area contributed by atoms with Crippen molar-refractivity contribution in [1.82, 2.24) is 14.8 Å². The van der Waals surface area contributed by atoms with E-state index in [1.165, 1.54) is 13.5 Å². The van der Waals surface area contributed by atoms with Crippen LogP contribution in [-0.2, 0) is 11.2 Å². The second-order valence-corrected chi connectivity index (χ2v) is 3.63. The molecule has 1 fully saturated rings. The lowest BCUT2D eigenvalue weighted by Crippen LogP contribution is -2.21. The average Bonchev–Trinajstić information content (AvgIpc) is 2.45. The van der Waals surface area contributed by atoms with Crippen LogP contribution in [-0.4, -0.2) is 33.0 Å². The van der Waals surface area contributed by atoms with E-state index in [2.05, 4.69) is 10.2 Å². The van der Waals surface area contributed by atoms with Crippen molar-refractivity contribution in [2.45, 2.75) is 31.7 Å². The van der Waals surface area contributed by atoms with Crippen molar-refractivity contribution in [3.05, 3.63) is 5.82 Å². The topological polar surface area (TPSA) is 77.2 Å². The van der Waals surface area contributed by atoms with Gasteiger partial charge >= 0.3 is 12.0 Å². The number of rotatable bonds is 4. The molecule has 0 spiro atoms. The number of carboxylic acid groups (broad SMARTS) is 1. The highest BCUT2D eigenvalue weighted by molar-refractivity contribution is 5.69. The average molecular weight is 211 g/mol. The van der Waals surface area contributed by atoms with Crippen molar-refractivity contribution < 1.29 is 14.6 Å². The Kier molecular flexibility index (Phi) is 2.57. The molecule has 1 saturated carbocycles. The van der Waals surface area contributed by atoms with Crippen LogP contribution in [0.25, 0.3) is 0 Å². The molecule has 1 N–H and O–H groups in total. The summed E-state index contributed by atoms with van der Waals surface area (Å²) in [4.78, 5) is 10.6. The summed E-state index contributed by atoms with van der Waals surface area (Å²) in [6, 6.07) is 0.722. The highest BCUT2D eigenvalue weighted by Crippen LogP contribution is 2.35. The first-order valence-corrected chi connectivity index (χ1v) is 4.92. The van der Waals surface area contributed by atoms with E-state index in [0.717, 1.165) is 12.8 Å². The Labute approximate surface area is 86.9 Å². The van der Waals surface area contributed by atoms with Crippen LogP contribution in [0, 0.1) is 0 Å². The Bertz CT molecular complexity index is 371. The van der Waals surface area contributed by atoms with Gasteiger partial charge in [0.1, 0.15) is 12.2 Å². The first-order chi connectivity index (χ1) is 7.22. The number of methoxy groups -OCH3 is 1. The molecule has 1 aromatic heterocycles. The van der Waals surface area contributed by atoms with E-state index in [-0.39, 0.29) is 6.42 Å².